The molecule has 48 heavy (non-hydrogen) atoms. The van der Waals surface area contributed by atoms with Crippen LogP contribution in [-0.4, -0.2) is 39.6 Å². The standard InChI is InChI=1S/C42H54O6/c1(13-31-43-37-19-9-7-10-20-37)3-15-33-45-39-23-27-41(28-24-39)47-35-17-5-6-18-36-48-42-29-25-40(26-30-42)46-34-16-4-2-14-32-44-38-21-11-8-12-22-38/h7-12,19-30H,1-6,13-18,31-36H2. The maximum absolute atomic E-state index is 5.92. The Bertz CT molecular complexity index is 1210. The van der Waals surface area contributed by atoms with Gasteiger partial charge in [-0.3, -0.25) is 0 Å². The minimum Gasteiger partial charge on any atom is -0.494 e. The minimum absolute atomic E-state index is 0.721. The van der Waals surface area contributed by atoms with Gasteiger partial charge in [0.1, 0.15) is 34.5 Å². The highest BCUT2D eigenvalue weighted by Crippen LogP contribution is 2.20. The monoisotopic (exact) mass is 654 g/mol. The Labute approximate surface area is 288 Å². The summed E-state index contributed by atoms with van der Waals surface area (Å²) in [5.41, 5.74) is 0. The van der Waals surface area contributed by atoms with E-state index < -0.39 is 0 Å². The predicted octanol–water partition coefficient (Wildman–Crippen LogP) is 10.7. The van der Waals surface area contributed by atoms with Crippen molar-refractivity contribution >= 4 is 0 Å². The molecule has 0 atom stereocenters. The molecule has 0 radical (unpaired) electrons. The summed E-state index contributed by atoms with van der Waals surface area (Å²) in [7, 11) is 0. The molecule has 0 spiro atoms. The van der Waals surface area contributed by atoms with Crippen LogP contribution >= 0.6 is 0 Å². The molecule has 0 aromatic heterocycles. The molecule has 6 heteroatoms. The lowest BCUT2D eigenvalue weighted by Crippen LogP contribution is -2.01. The molecule has 0 aliphatic carbocycles. The van der Waals surface area contributed by atoms with Crippen LogP contribution < -0.4 is 28.4 Å². The molecular formula is C42H54O6. The smallest absolute Gasteiger partial charge is 0.119 e. The van der Waals surface area contributed by atoms with Gasteiger partial charge in [-0.25, -0.2) is 0 Å². The molecule has 0 fully saturated rings. The van der Waals surface area contributed by atoms with E-state index in [1.165, 1.54) is 0 Å². The Morgan fingerprint density at radius 1 is 0.208 bits per heavy atom. The van der Waals surface area contributed by atoms with Crippen molar-refractivity contribution < 1.29 is 28.4 Å². The third-order valence-corrected chi connectivity index (χ3v) is 7.86. The molecule has 0 amide bonds. The van der Waals surface area contributed by atoms with Crippen molar-refractivity contribution in [1.82, 2.24) is 0 Å². The average Bonchev–Trinajstić information content (AvgIpc) is 3.13. The molecule has 0 aliphatic rings. The molecule has 0 saturated heterocycles. The molecule has 0 bridgehead atoms. The van der Waals surface area contributed by atoms with Gasteiger partial charge in [0.2, 0.25) is 0 Å². The van der Waals surface area contributed by atoms with Crippen molar-refractivity contribution in [2.75, 3.05) is 39.6 Å². The molecule has 6 nitrogen and oxygen atoms in total. The fourth-order valence-electron chi connectivity index (χ4n) is 5.11. The zero-order chi connectivity index (χ0) is 33.2. The number of unbranched alkanes of at least 4 members (excludes halogenated alkanes) is 9. The number of hydrogen-bond acceptors (Lipinski definition) is 6. The van der Waals surface area contributed by atoms with Crippen molar-refractivity contribution in [1.29, 1.82) is 0 Å². The van der Waals surface area contributed by atoms with Crippen LogP contribution in [0.5, 0.6) is 34.5 Å². The van der Waals surface area contributed by atoms with E-state index in [1.54, 1.807) is 0 Å². The summed E-state index contributed by atoms with van der Waals surface area (Å²) >= 11 is 0. The Morgan fingerprint density at radius 3 is 0.604 bits per heavy atom. The fraction of sp³-hybridized carbons (Fsp3) is 0.429. The quantitative estimate of drug-likeness (QED) is 0.0597. The molecule has 4 rings (SSSR count). The lowest BCUT2D eigenvalue weighted by Gasteiger charge is -2.10. The zero-order valence-electron chi connectivity index (χ0n) is 28.6. The van der Waals surface area contributed by atoms with Gasteiger partial charge in [-0.05, 0) is 150 Å². The third-order valence-electron chi connectivity index (χ3n) is 7.86. The van der Waals surface area contributed by atoms with Gasteiger partial charge >= 0.3 is 0 Å². The van der Waals surface area contributed by atoms with Crippen LogP contribution in [-0.2, 0) is 0 Å². The van der Waals surface area contributed by atoms with Gasteiger partial charge in [-0.2, -0.15) is 0 Å². The van der Waals surface area contributed by atoms with Crippen LogP contribution in [0.1, 0.15) is 77.0 Å². The lowest BCUT2D eigenvalue weighted by molar-refractivity contribution is 0.282. The van der Waals surface area contributed by atoms with E-state index in [0.29, 0.717) is 0 Å². The van der Waals surface area contributed by atoms with Crippen LogP contribution in [0.15, 0.2) is 109 Å². The summed E-state index contributed by atoms with van der Waals surface area (Å²) in [6, 6.07) is 35.9. The van der Waals surface area contributed by atoms with E-state index in [-0.39, 0.29) is 0 Å². The van der Waals surface area contributed by atoms with Gasteiger partial charge in [0.15, 0.2) is 0 Å². The second-order valence-corrected chi connectivity index (χ2v) is 11.9. The molecule has 4 aromatic carbocycles. The summed E-state index contributed by atoms with van der Waals surface area (Å²) < 4.78 is 35.1. The summed E-state index contributed by atoms with van der Waals surface area (Å²) in [5.74, 6) is 5.45. The highest BCUT2D eigenvalue weighted by atomic mass is 16.5. The number of hydrogen-bond donors (Lipinski definition) is 0. The Kier molecular flexibility index (Phi) is 18.2. The molecule has 0 unspecified atom stereocenters. The van der Waals surface area contributed by atoms with Gasteiger partial charge < -0.3 is 28.4 Å². The SMILES string of the molecule is c1ccc(OCCCCCCOc2ccc(OCCCCCCOc3ccc(OCCCCCCOc4ccccc4)cc3)cc2)cc1. The van der Waals surface area contributed by atoms with Gasteiger partial charge in [0.25, 0.3) is 0 Å². The molecular weight excluding hydrogens is 600 g/mol. The fourth-order valence-corrected chi connectivity index (χ4v) is 5.11. The number of para-hydroxylation sites is 2. The van der Waals surface area contributed by atoms with Crippen molar-refractivity contribution in [2.24, 2.45) is 0 Å². The Hall–Kier alpha value is -4.32. The first kappa shape index (κ1) is 36.5. The van der Waals surface area contributed by atoms with Crippen molar-refractivity contribution in [3.05, 3.63) is 109 Å². The molecule has 4 aromatic rings. The molecule has 0 saturated carbocycles. The van der Waals surface area contributed by atoms with E-state index >= 15 is 0 Å². The molecule has 0 heterocycles. The van der Waals surface area contributed by atoms with Gasteiger partial charge in [0, 0.05) is 0 Å². The van der Waals surface area contributed by atoms with E-state index in [4.69, 9.17) is 28.4 Å². The summed E-state index contributed by atoms with van der Waals surface area (Å²) in [6.07, 6.45) is 13.1. The number of benzene rings is 4. The second kappa shape index (κ2) is 23.9. The predicted molar refractivity (Wildman–Crippen MR) is 194 cm³/mol. The molecule has 0 N–H and O–H groups in total. The zero-order valence-corrected chi connectivity index (χ0v) is 28.6. The van der Waals surface area contributed by atoms with E-state index in [2.05, 4.69) is 0 Å². The normalized spacial score (nSPS) is 10.8. The minimum atomic E-state index is 0.721. The lowest BCUT2D eigenvalue weighted by atomic mass is 10.2. The van der Waals surface area contributed by atoms with E-state index in [0.717, 1.165) is 151 Å². The van der Waals surface area contributed by atoms with Gasteiger partial charge in [0.05, 0.1) is 39.6 Å². The topological polar surface area (TPSA) is 55.4 Å². The van der Waals surface area contributed by atoms with E-state index in [1.807, 2.05) is 109 Å². The largest absolute Gasteiger partial charge is 0.494 e. The van der Waals surface area contributed by atoms with Crippen LogP contribution in [0.2, 0.25) is 0 Å². The summed E-state index contributed by atoms with van der Waals surface area (Å²) in [5, 5.41) is 0. The van der Waals surface area contributed by atoms with Gasteiger partial charge in [-0.1, -0.05) is 36.4 Å². The van der Waals surface area contributed by atoms with Crippen LogP contribution in [0, 0.1) is 0 Å². The highest BCUT2D eigenvalue weighted by molar-refractivity contribution is 5.32. The first-order chi connectivity index (χ1) is 23.8. The van der Waals surface area contributed by atoms with Crippen LogP contribution in [0.25, 0.3) is 0 Å². The number of ether oxygens (including phenoxy) is 6. The Morgan fingerprint density at radius 2 is 0.396 bits per heavy atom. The summed E-state index contributed by atoms with van der Waals surface area (Å²) in [6.45, 7) is 4.44. The highest BCUT2D eigenvalue weighted by Gasteiger charge is 2.01. The molecule has 258 valence electrons. The molecule has 0 aliphatic heterocycles. The van der Waals surface area contributed by atoms with Crippen molar-refractivity contribution in [2.45, 2.75) is 77.0 Å². The van der Waals surface area contributed by atoms with Crippen molar-refractivity contribution in [3.8, 4) is 34.5 Å². The van der Waals surface area contributed by atoms with Crippen LogP contribution in [0.4, 0.5) is 0 Å². The second-order valence-electron chi connectivity index (χ2n) is 11.9. The maximum Gasteiger partial charge on any atom is 0.119 e. The summed E-state index contributed by atoms with van der Waals surface area (Å²) in [4.78, 5) is 0. The number of rotatable bonds is 27. The first-order valence-electron chi connectivity index (χ1n) is 17.9. The third kappa shape index (κ3) is 16.5. The van der Waals surface area contributed by atoms with Crippen molar-refractivity contribution in [3.63, 3.8) is 0 Å². The van der Waals surface area contributed by atoms with Crippen LogP contribution in [0.3, 0.4) is 0 Å². The first-order valence-corrected chi connectivity index (χ1v) is 17.9. The average molecular weight is 655 g/mol. The van der Waals surface area contributed by atoms with Gasteiger partial charge in [-0.15, -0.1) is 0 Å². The maximum atomic E-state index is 5.92. The van der Waals surface area contributed by atoms with E-state index in [9.17, 15) is 0 Å². The Balaban J connectivity index is 0.904.